The van der Waals surface area contributed by atoms with Crippen molar-refractivity contribution in [1.82, 2.24) is 5.32 Å². The lowest BCUT2D eigenvalue weighted by Gasteiger charge is -2.23. The average Bonchev–Trinajstić information content (AvgIpc) is 2.43. The van der Waals surface area contributed by atoms with Gasteiger partial charge in [0.1, 0.15) is 0 Å². The zero-order chi connectivity index (χ0) is 12.8. The summed E-state index contributed by atoms with van der Waals surface area (Å²) >= 11 is 0. The first-order valence-corrected chi connectivity index (χ1v) is 6.32. The summed E-state index contributed by atoms with van der Waals surface area (Å²) in [5.41, 5.74) is 5.79. The van der Waals surface area contributed by atoms with Crippen LogP contribution >= 0.6 is 0 Å². The number of aliphatic hydroxyl groups is 1. The standard InChI is InChI=1S/C12H24N2O3/c1-8(2)6-9(13)12(16)14-10-4-3-5-17-7-11(10)15/h8-11,15H,3-7,13H2,1-2H3,(H,14,16)/t9-,10?,11+/m0/s1. The van der Waals surface area contributed by atoms with Crippen LogP contribution in [0.25, 0.3) is 0 Å². The maximum atomic E-state index is 11.8. The van der Waals surface area contributed by atoms with Gasteiger partial charge in [-0.2, -0.15) is 0 Å². The van der Waals surface area contributed by atoms with Crippen molar-refractivity contribution in [2.45, 2.75) is 51.3 Å². The van der Waals surface area contributed by atoms with Crippen molar-refractivity contribution in [2.75, 3.05) is 13.2 Å². The molecular weight excluding hydrogens is 220 g/mol. The second-order valence-corrected chi connectivity index (χ2v) is 5.14. The van der Waals surface area contributed by atoms with Crippen molar-refractivity contribution >= 4 is 5.91 Å². The molecule has 1 saturated heterocycles. The lowest BCUT2D eigenvalue weighted by Crippen LogP contribution is -2.50. The number of nitrogens with one attached hydrogen (secondary N) is 1. The van der Waals surface area contributed by atoms with Crippen LogP contribution in [0.5, 0.6) is 0 Å². The third-order valence-electron chi connectivity index (χ3n) is 2.95. The van der Waals surface area contributed by atoms with Gasteiger partial charge in [-0.05, 0) is 25.2 Å². The molecule has 0 bridgehead atoms. The Labute approximate surface area is 103 Å². The molecule has 0 spiro atoms. The summed E-state index contributed by atoms with van der Waals surface area (Å²) in [6.45, 7) is 4.98. The minimum Gasteiger partial charge on any atom is -0.389 e. The molecule has 1 amide bonds. The molecule has 100 valence electrons. The molecule has 1 aliphatic rings. The Morgan fingerprint density at radius 2 is 2.29 bits per heavy atom. The number of hydrogen-bond donors (Lipinski definition) is 3. The molecule has 1 heterocycles. The van der Waals surface area contributed by atoms with Gasteiger partial charge >= 0.3 is 0 Å². The number of amides is 1. The fourth-order valence-corrected chi connectivity index (χ4v) is 1.99. The van der Waals surface area contributed by atoms with Crippen LogP contribution in [0.4, 0.5) is 0 Å². The number of carbonyl (C=O) groups excluding carboxylic acids is 1. The molecule has 1 fully saturated rings. The predicted molar refractivity (Wildman–Crippen MR) is 65.4 cm³/mol. The van der Waals surface area contributed by atoms with Gasteiger partial charge in [0.25, 0.3) is 0 Å². The summed E-state index contributed by atoms with van der Waals surface area (Å²) in [6.07, 6.45) is 1.61. The van der Waals surface area contributed by atoms with E-state index in [-0.39, 0.29) is 18.6 Å². The van der Waals surface area contributed by atoms with Gasteiger partial charge in [-0.15, -0.1) is 0 Å². The highest BCUT2D eigenvalue weighted by molar-refractivity contribution is 5.81. The summed E-state index contributed by atoms with van der Waals surface area (Å²) in [5, 5.41) is 12.6. The normalized spacial score (nSPS) is 27.6. The van der Waals surface area contributed by atoms with Crippen molar-refractivity contribution in [3.8, 4) is 0 Å². The third-order valence-corrected chi connectivity index (χ3v) is 2.95. The first-order chi connectivity index (χ1) is 8.00. The number of ether oxygens (including phenoxy) is 1. The second kappa shape index (κ2) is 6.93. The summed E-state index contributed by atoms with van der Waals surface area (Å²) in [4.78, 5) is 11.8. The molecule has 0 radical (unpaired) electrons. The van der Waals surface area contributed by atoms with Gasteiger partial charge in [-0.3, -0.25) is 4.79 Å². The van der Waals surface area contributed by atoms with E-state index in [9.17, 15) is 9.90 Å². The largest absolute Gasteiger partial charge is 0.389 e. The topological polar surface area (TPSA) is 84.6 Å². The van der Waals surface area contributed by atoms with Crippen LogP contribution in [0, 0.1) is 5.92 Å². The van der Waals surface area contributed by atoms with E-state index in [0.717, 1.165) is 12.8 Å². The zero-order valence-corrected chi connectivity index (χ0v) is 10.7. The highest BCUT2D eigenvalue weighted by atomic mass is 16.5. The maximum absolute atomic E-state index is 11.8. The second-order valence-electron chi connectivity index (χ2n) is 5.14. The highest BCUT2D eigenvalue weighted by Crippen LogP contribution is 2.10. The molecule has 5 nitrogen and oxygen atoms in total. The molecule has 0 aromatic heterocycles. The van der Waals surface area contributed by atoms with Crippen molar-refractivity contribution in [2.24, 2.45) is 11.7 Å². The molecule has 0 aromatic carbocycles. The van der Waals surface area contributed by atoms with Gasteiger partial charge in [-0.1, -0.05) is 13.8 Å². The molecule has 0 saturated carbocycles. The van der Waals surface area contributed by atoms with Crippen molar-refractivity contribution < 1.29 is 14.6 Å². The molecule has 1 rings (SSSR count). The first kappa shape index (κ1) is 14.4. The zero-order valence-electron chi connectivity index (χ0n) is 10.7. The van der Waals surface area contributed by atoms with E-state index in [0.29, 0.717) is 18.9 Å². The van der Waals surface area contributed by atoms with E-state index >= 15 is 0 Å². The summed E-state index contributed by atoms with van der Waals surface area (Å²) in [7, 11) is 0. The van der Waals surface area contributed by atoms with Gasteiger partial charge < -0.3 is 20.9 Å². The summed E-state index contributed by atoms with van der Waals surface area (Å²) in [5.74, 6) is 0.211. The smallest absolute Gasteiger partial charge is 0.237 e. The van der Waals surface area contributed by atoms with Gasteiger partial charge in [-0.25, -0.2) is 0 Å². The first-order valence-electron chi connectivity index (χ1n) is 6.32. The SMILES string of the molecule is CC(C)C[C@H](N)C(=O)NC1CCCOC[C@H]1O. The molecule has 17 heavy (non-hydrogen) atoms. The number of rotatable bonds is 4. The highest BCUT2D eigenvalue weighted by Gasteiger charge is 2.25. The molecule has 5 heteroatoms. The molecule has 1 aliphatic heterocycles. The number of aliphatic hydroxyl groups excluding tert-OH is 1. The van der Waals surface area contributed by atoms with Crippen molar-refractivity contribution in [3.63, 3.8) is 0 Å². The van der Waals surface area contributed by atoms with Gasteiger partial charge in [0.15, 0.2) is 0 Å². The quantitative estimate of drug-likeness (QED) is 0.650. The Morgan fingerprint density at radius 3 is 2.94 bits per heavy atom. The Kier molecular flexibility index (Phi) is 5.88. The van der Waals surface area contributed by atoms with Crippen LogP contribution in [-0.2, 0) is 9.53 Å². The van der Waals surface area contributed by atoms with Crippen LogP contribution in [0.1, 0.15) is 33.1 Å². The minimum atomic E-state index is -0.632. The van der Waals surface area contributed by atoms with E-state index in [4.69, 9.17) is 10.5 Å². The fourth-order valence-electron chi connectivity index (χ4n) is 1.99. The number of carbonyl (C=O) groups is 1. The molecule has 0 aromatic rings. The van der Waals surface area contributed by atoms with Gasteiger partial charge in [0.2, 0.25) is 5.91 Å². The van der Waals surface area contributed by atoms with Gasteiger partial charge in [0, 0.05) is 6.61 Å². The molecule has 0 aliphatic carbocycles. The van der Waals surface area contributed by atoms with Crippen LogP contribution < -0.4 is 11.1 Å². The Hall–Kier alpha value is -0.650. The summed E-state index contributed by atoms with van der Waals surface area (Å²) < 4.78 is 5.21. The van der Waals surface area contributed by atoms with E-state index < -0.39 is 12.1 Å². The Morgan fingerprint density at radius 1 is 1.59 bits per heavy atom. The Bertz CT molecular complexity index is 246. The maximum Gasteiger partial charge on any atom is 0.237 e. The van der Waals surface area contributed by atoms with Crippen molar-refractivity contribution in [1.29, 1.82) is 0 Å². The Balaban J connectivity index is 2.42. The lowest BCUT2D eigenvalue weighted by atomic mass is 10.0. The molecular formula is C12H24N2O3. The van der Waals surface area contributed by atoms with E-state index in [1.54, 1.807) is 0 Å². The van der Waals surface area contributed by atoms with E-state index in [1.807, 2.05) is 13.8 Å². The third kappa shape index (κ3) is 5.02. The van der Waals surface area contributed by atoms with Crippen LogP contribution in [0.2, 0.25) is 0 Å². The van der Waals surface area contributed by atoms with Gasteiger partial charge in [0.05, 0.1) is 24.8 Å². The summed E-state index contributed by atoms with van der Waals surface area (Å²) in [6, 6.07) is -0.727. The van der Waals surface area contributed by atoms with Crippen LogP contribution in [0.3, 0.4) is 0 Å². The number of nitrogens with two attached hydrogens (primary N) is 1. The predicted octanol–water partition coefficient (Wildman–Crippen LogP) is 0.0159. The minimum absolute atomic E-state index is 0.176. The fraction of sp³-hybridized carbons (Fsp3) is 0.917. The lowest BCUT2D eigenvalue weighted by molar-refractivity contribution is -0.124. The van der Waals surface area contributed by atoms with Crippen LogP contribution in [-0.4, -0.2) is 42.4 Å². The molecule has 3 atom stereocenters. The van der Waals surface area contributed by atoms with E-state index in [2.05, 4.69) is 5.32 Å². The van der Waals surface area contributed by atoms with Crippen LogP contribution in [0.15, 0.2) is 0 Å². The van der Waals surface area contributed by atoms with Crippen molar-refractivity contribution in [3.05, 3.63) is 0 Å². The number of hydrogen-bond acceptors (Lipinski definition) is 4. The average molecular weight is 244 g/mol. The molecule has 4 N–H and O–H groups in total. The molecule has 1 unspecified atom stereocenters. The van der Waals surface area contributed by atoms with E-state index in [1.165, 1.54) is 0 Å². The monoisotopic (exact) mass is 244 g/mol.